The van der Waals surface area contributed by atoms with Crippen LogP contribution < -0.4 is 25.0 Å². The topological polar surface area (TPSA) is 87.0 Å². The van der Waals surface area contributed by atoms with E-state index < -0.39 is 0 Å². The van der Waals surface area contributed by atoms with Gasteiger partial charge in [-0.15, -0.1) is 0 Å². The van der Waals surface area contributed by atoms with E-state index in [4.69, 9.17) is 18.6 Å². The molecule has 0 radical (unpaired) electrons. The molecule has 0 fully saturated rings. The van der Waals surface area contributed by atoms with Crippen molar-refractivity contribution in [2.45, 2.75) is 12.8 Å². The number of amides is 1. The molecule has 0 unspecified atom stereocenters. The van der Waals surface area contributed by atoms with Crippen LogP contribution in [0.2, 0.25) is 0 Å². The maximum atomic E-state index is 12.5. The summed E-state index contributed by atoms with van der Waals surface area (Å²) in [5, 5.41) is 3.33. The van der Waals surface area contributed by atoms with Crippen molar-refractivity contribution in [3.05, 3.63) is 83.0 Å². The molecule has 0 spiro atoms. The maximum Gasteiger partial charge on any atom is 0.224 e. The van der Waals surface area contributed by atoms with Crippen molar-refractivity contribution >= 4 is 22.6 Å². The van der Waals surface area contributed by atoms with Gasteiger partial charge in [0.1, 0.15) is 28.6 Å². The second-order valence-electron chi connectivity index (χ2n) is 7.59. The molecule has 0 aliphatic rings. The van der Waals surface area contributed by atoms with Gasteiger partial charge in [0.15, 0.2) is 5.43 Å². The van der Waals surface area contributed by atoms with Gasteiger partial charge in [-0.25, -0.2) is 0 Å². The third kappa shape index (κ3) is 5.56. The third-order valence-corrected chi connectivity index (χ3v) is 5.26. The van der Waals surface area contributed by atoms with Gasteiger partial charge in [-0.2, -0.15) is 0 Å². The van der Waals surface area contributed by atoms with Crippen molar-refractivity contribution in [1.82, 2.24) is 0 Å². The summed E-state index contributed by atoms with van der Waals surface area (Å²) in [4.78, 5) is 24.8. The van der Waals surface area contributed by atoms with E-state index in [2.05, 4.69) is 5.32 Å². The molecule has 34 heavy (non-hydrogen) atoms. The number of hydrogen-bond donors (Lipinski definition) is 1. The number of carbonyl (C=O) groups is 1. The first-order chi connectivity index (χ1) is 16.6. The molecule has 0 aliphatic heterocycles. The van der Waals surface area contributed by atoms with E-state index in [1.165, 1.54) is 6.07 Å². The van der Waals surface area contributed by atoms with Gasteiger partial charge in [0.05, 0.1) is 26.2 Å². The Labute approximate surface area is 196 Å². The molecule has 1 heterocycles. The highest BCUT2D eigenvalue weighted by molar-refractivity contribution is 5.91. The number of rotatable bonds is 9. The summed E-state index contributed by atoms with van der Waals surface area (Å²) in [6.45, 7) is 0.436. The minimum Gasteiger partial charge on any atom is -0.497 e. The highest BCUT2D eigenvalue weighted by Gasteiger charge is 2.09. The van der Waals surface area contributed by atoms with E-state index >= 15 is 0 Å². The number of methoxy groups -OCH3 is 2. The van der Waals surface area contributed by atoms with Crippen molar-refractivity contribution < 1.29 is 23.4 Å². The van der Waals surface area contributed by atoms with Gasteiger partial charge in [0, 0.05) is 23.7 Å². The zero-order valence-electron chi connectivity index (χ0n) is 19.0. The number of carbonyl (C=O) groups excluding carboxylic acids is 1. The average Bonchev–Trinajstić information content (AvgIpc) is 2.87. The largest absolute Gasteiger partial charge is 0.497 e. The highest BCUT2D eigenvalue weighted by atomic mass is 16.5. The van der Waals surface area contributed by atoms with Crippen LogP contribution in [0.25, 0.3) is 22.3 Å². The lowest BCUT2D eigenvalue weighted by Crippen LogP contribution is -2.12. The number of anilines is 1. The van der Waals surface area contributed by atoms with Gasteiger partial charge in [0.25, 0.3) is 0 Å². The molecular formula is C27H25NO6. The van der Waals surface area contributed by atoms with E-state index in [9.17, 15) is 9.59 Å². The minimum absolute atomic E-state index is 0.0998. The Morgan fingerprint density at radius 1 is 0.853 bits per heavy atom. The Bertz CT molecular complexity index is 1330. The molecule has 4 rings (SSSR count). The Kier molecular flexibility index (Phi) is 7.13. The van der Waals surface area contributed by atoms with Crippen molar-refractivity contribution in [2.24, 2.45) is 0 Å². The molecule has 0 atom stereocenters. The van der Waals surface area contributed by atoms with Crippen molar-refractivity contribution in [1.29, 1.82) is 0 Å². The molecule has 0 saturated heterocycles. The third-order valence-electron chi connectivity index (χ3n) is 5.26. The zero-order chi connectivity index (χ0) is 23.9. The molecule has 1 amide bonds. The lowest BCUT2D eigenvalue weighted by Gasteiger charge is -2.09. The second kappa shape index (κ2) is 10.6. The summed E-state index contributed by atoms with van der Waals surface area (Å²) >= 11 is 0. The van der Waals surface area contributed by atoms with Crippen LogP contribution in [0.4, 0.5) is 5.69 Å². The van der Waals surface area contributed by atoms with Gasteiger partial charge >= 0.3 is 0 Å². The molecule has 1 aromatic heterocycles. The Balaban J connectivity index is 1.31. The Morgan fingerprint density at radius 2 is 1.53 bits per heavy atom. The van der Waals surface area contributed by atoms with Crippen molar-refractivity contribution in [3.63, 3.8) is 0 Å². The van der Waals surface area contributed by atoms with Crippen LogP contribution in [0.3, 0.4) is 0 Å². The summed E-state index contributed by atoms with van der Waals surface area (Å²) in [6.07, 6.45) is 0.921. The van der Waals surface area contributed by atoms with E-state index in [1.54, 1.807) is 56.7 Å². The first kappa shape index (κ1) is 22.9. The number of benzene rings is 3. The van der Waals surface area contributed by atoms with E-state index in [0.717, 1.165) is 17.1 Å². The first-order valence-corrected chi connectivity index (χ1v) is 10.8. The van der Waals surface area contributed by atoms with Crippen LogP contribution in [0.15, 0.2) is 82.0 Å². The van der Waals surface area contributed by atoms with Crippen LogP contribution >= 0.6 is 0 Å². The SMILES string of the molecule is COc1ccc(OCCCC(=O)Nc2ccc(-c3cc(=O)c4cc(OC)ccc4o3)cc2)cc1. The molecule has 0 saturated carbocycles. The monoisotopic (exact) mass is 459 g/mol. The number of nitrogens with one attached hydrogen (secondary N) is 1. The lowest BCUT2D eigenvalue weighted by molar-refractivity contribution is -0.116. The molecule has 7 nitrogen and oxygen atoms in total. The summed E-state index contributed by atoms with van der Waals surface area (Å²) in [5.41, 5.74) is 1.74. The van der Waals surface area contributed by atoms with Crippen molar-refractivity contribution in [2.75, 3.05) is 26.1 Å². The standard InChI is InChI=1S/C27H25NO6/c1-31-20-9-11-21(12-10-20)33-15-3-4-27(30)28-19-7-5-18(6-8-19)26-17-24(29)23-16-22(32-2)13-14-25(23)34-26/h5-14,16-17H,3-4,15H2,1-2H3,(H,28,30). The van der Waals surface area contributed by atoms with E-state index in [-0.39, 0.29) is 11.3 Å². The predicted molar refractivity (Wildman–Crippen MR) is 131 cm³/mol. The summed E-state index contributed by atoms with van der Waals surface area (Å²) in [7, 11) is 3.16. The quantitative estimate of drug-likeness (QED) is 0.343. The maximum absolute atomic E-state index is 12.5. The first-order valence-electron chi connectivity index (χ1n) is 10.8. The van der Waals surface area contributed by atoms with Crippen LogP contribution in [0.5, 0.6) is 17.2 Å². The predicted octanol–water partition coefficient (Wildman–Crippen LogP) is 5.27. The van der Waals surface area contributed by atoms with Gasteiger partial charge in [-0.3, -0.25) is 9.59 Å². The highest BCUT2D eigenvalue weighted by Crippen LogP contribution is 2.25. The van der Waals surface area contributed by atoms with Crippen LogP contribution in [-0.4, -0.2) is 26.7 Å². The van der Waals surface area contributed by atoms with Crippen LogP contribution in [0.1, 0.15) is 12.8 Å². The fourth-order valence-corrected chi connectivity index (χ4v) is 3.44. The number of ether oxygens (including phenoxy) is 3. The van der Waals surface area contributed by atoms with Gasteiger partial charge in [0.2, 0.25) is 5.91 Å². The fraction of sp³-hybridized carbons (Fsp3) is 0.185. The molecular weight excluding hydrogens is 434 g/mol. The van der Waals surface area contributed by atoms with E-state index in [0.29, 0.717) is 47.6 Å². The molecule has 0 bridgehead atoms. The Hall–Kier alpha value is -4.26. The molecule has 0 aliphatic carbocycles. The zero-order valence-corrected chi connectivity index (χ0v) is 19.0. The van der Waals surface area contributed by atoms with E-state index in [1.807, 2.05) is 24.3 Å². The minimum atomic E-state index is -0.149. The Morgan fingerprint density at radius 3 is 2.24 bits per heavy atom. The molecule has 7 heteroatoms. The lowest BCUT2D eigenvalue weighted by atomic mass is 10.1. The molecule has 4 aromatic rings. The van der Waals surface area contributed by atoms with Gasteiger partial charge in [-0.1, -0.05) is 0 Å². The fourth-order valence-electron chi connectivity index (χ4n) is 3.44. The molecule has 174 valence electrons. The molecule has 1 N–H and O–H groups in total. The average molecular weight is 459 g/mol. The summed E-state index contributed by atoms with van der Waals surface area (Å²) in [6, 6.07) is 21.0. The normalized spacial score (nSPS) is 10.6. The molecule has 3 aromatic carbocycles. The van der Waals surface area contributed by atoms with Crippen LogP contribution in [0, 0.1) is 0 Å². The summed E-state index contributed by atoms with van der Waals surface area (Å²) in [5.74, 6) is 2.45. The second-order valence-corrected chi connectivity index (χ2v) is 7.59. The number of hydrogen-bond acceptors (Lipinski definition) is 6. The smallest absolute Gasteiger partial charge is 0.224 e. The van der Waals surface area contributed by atoms with Crippen molar-refractivity contribution in [3.8, 4) is 28.6 Å². The van der Waals surface area contributed by atoms with Gasteiger partial charge in [-0.05, 0) is 73.2 Å². The van der Waals surface area contributed by atoms with Crippen LogP contribution in [-0.2, 0) is 4.79 Å². The van der Waals surface area contributed by atoms with Gasteiger partial charge < -0.3 is 23.9 Å². The number of fused-ring (bicyclic) bond motifs is 1. The summed E-state index contributed by atoms with van der Waals surface area (Å²) < 4.78 is 21.8.